The molecule has 1 saturated carbocycles. The van der Waals surface area contributed by atoms with Gasteiger partial charge in [0.15, 0.2) is 5.79 Å². The minimum absolute atomic E-state index is 0.232. The number of nitrogens with zero attached hydrogens (tertiary/aromatic N) is 2. The molecule has 2 aliphatic heterocycles. The summed E-state index contributed by atoms with van der Waals surface area (Å²) >= 11 is 0. The van der Waals surface area contributed by atoms with E-state index in [0.29, 0.717) is 6.04 Å². The zero-order valence-electron chi connectivity index (χ0n) is 11.2. The number of aromatic nitrogens is 1. The van der Waals surface area contributed by atoms with Gasteiger partial charge in [-0.2, -0.15) is 0 Å². The average Bonchev–Trinajstić information content (AvgIpc) is 3.06. The van der Waals surface area contributed by atoms with Crippen LogP contribution in [0.3, 0.4) is 0 Å². The van der Waals surface area contributed by atoms with Gasteiger partial charge in [-0.15, -0.1) is 0 Å². The van der Waals surface area contributed by atoms with E-state index in [1.165, 1.54) is 24.0 Å². The van der Waals surface area contributed by atoms with Crippen molar-refractivity contribution in [2.45, 2.75) is 50.6 Å². The molecule has 0 radical (unpaired) electrons. The molecule has 0 N–H and O–H groups in total. The lowest BCUT2D eigenvalue weighted by Crippen LogP contribution is -2.42. The van der Waals surface area contributed by atoms with Crippen LogP contribution in [0.15, 0.2) is 18.5 Å². The van der Waals surface area contributed by atoms with Crippen molar-refractivity contribution >= 4 is 0 Å². The molecule has 0 bridgehead atoms. The van der Waals surface area contributed by atoms with Crippen molar-refractivity contribution in [2.24, 2.45) is 0 Å². The van der Waals surface area contributed by atoms with E-state index in [0.717, 1.165) is 39.1 Å². The van der Waals surface area contributed by atoms with Crippen molar-refractivity contribution in [1.29, 1.82) is 0 Å². The van der Waals surface area contributed by atoms with E-state index in [4.69, 9.17) is 9.47 Å². The van der Waals surface area contributed by atoms with Crippen LogP contribution in [0.5, 0.6) is 0 Å². The fourth-order valence-electron chi connectivity index (χ4n) is 3.70. The molecule has 4 heteroatoms. The van der Waals surface area contributed by atoms with E-state index in [1.54, 1.807) is 0 Å². The van der Waals surface area contributed by atoms with Gasteiger partial charge in [0.25, 0.3) is 0 Å². The summed E-state index contributed by atoms with van der Waals surface area (Å²) in [5.74, 6) is -0.232. The van der Waals surface area contributed by atoms with Gasteiger partial charge >= 0.3 is 0 Å². The molecule has 0 aromatic carbocycles. The van der Waals surface area contributed by atoms with Gasteiger partial charge in [0, 0.05) is 44.4 Å². The number of hydrogen-bond donors (Lipinski definition) is 0. The molecule has 1 aliphatic carbocycles. The van der Waals surface area contributed by atoms with Gasteiger partial charge in [0.05, 0.1) is 13.2 Å². The van der Waals surface area contributed by atoms with Crippen LogP contribution in [-0.4, -0.2) is 34.9 Å². The Balaban J connectivity index is 1.41. The van der Waals surface area contributed by atoms with Gasteiger partial charge in [-0.3, -0.25) is 9.88 Å². The molecular weight excluding hydrogens is 240 g/mol. The third kappa shape index (κ3) is 2.08. The quantitative estimate of drug-likeness (QED) is 0.774. The van der Waals surface area contributed by atoms with Crippen molar-refractivity contribution in [3.8, 4) is 0 Å². The number of fused-ring (bicyclic) bond motifs is 1. The summed E-state index contributed by atoms with van der Waals surface area (Å²) < 4.78 is 11.6. The fraction of sp³-hybridized carbons (Fsp3) is 0.667. The maximum atomic E-state index is 5.80. The lowest BCUT2D eigenvalue weighted by Gasteiger charge is -2.39. The van der Waals surface area contributed by atoms with Gasteiger partial charge < -0.3 is 9.47 Å². The van der Waals surface area contributed by atoms with Crippen LogP contribution in [0, 0.1) is 0 Å². The van der Waals surface area contributed by atoms with E-state index < -0.39 is 0 Å². The largest absolute Gasteiger partial charge is 0.348 e. The van der Waals surface area contributed by atoms with Gasteiger partial charge in [0.1, 0.15) is 0 Å². The number of hydrogen-bond acceptors (Lipinski definition) is 4. The van der Waals surface area contributed by atoms with E-state index in [1.807, 2.05) is 12.4 Å². The van der Waals surface area contributed by atoms with Crippen LogP contribution in [0.2, 0.25) is 0 Å². The second-order valence-corrected chi connectivity index (χ2v) is 5.89. The van der Waals surface area contributed by atoms with Crippen molar-refractivity contribution < 1.29 is 9.47 Å². The summed E-state index contributed by atoms with van der Waals surface area (Å²) in [5, 5.41) is 0. The van der Waals surface area contributed by atoms with Crippen LogP contribution in [-0.2, 0) is 22.6 Å². The minimum Gasteiger partial charge on any atom is -0.348 e. The molecular formula is C15H20N2O2. The lowest BCUT2D eigenvalue weighted by atomic mass is 9.89. The molecule has 0 amide bonds. The Labute approximate surface area is 113 Å². The number of rotatable bonds is 1. The monoisotopic (exact) mass is 260 g/mol. The topological polar surface area (TPSA) is 34.6 Å². The Kier molecular flexibility index (Phi) is 2.83. The predicted molar refractivity (Wildman–Crippen MR) is 70.4 cm³/mol. The molecule has 4 rings (SSSR count). The molecule has 3 heterocycles. The fourth-order valence-corrected chi connectivity index (χ4v) is 3.70. The summed E-state index contributed by atoms with van der Waals surface area (Å²) in [6.45, 7) is 3.68. The SMILES string of the molecule is c1cc2c(cn1)CN(C1CCC3(CC1)OCCO3)C2. The summed E-state index contributed by atoms with van der Waals surface area (Å²) in [6, 6.07) is 2.83. The van der Waals surface area contributed by atoms with Gasteiger partial charge in [0.2, 0.25) is 0 Å². The molecule has 1 aromatic heterocycles. The van der Waals surface area contributed by atoms with Crippen LogP contribution >= 0.6 is 0 Å². The second kappa shape index (κ2) is 4.54. The Bertz CT molecular complexity index is 436. The third-order valence-corrected chi connectivity index (χ3v) is 4.80. The van der Waals surface area contributed by atoms with Crippen molar-refractivity contribution in [2.75, 3.05) is 13.2 Å². The van der Waals surface area contributed by atoms with Crippen LogP contribution in [0.4, 0.5) is 0 Å². The molecule has 4 nitrogen and oxygen atoms in total. The smallest absolute Gasteiger partial charge is 0.168 e. The lowest BCUT2D eigenvalue weighted by molar-refractivity contribution is -0.184. The first-order valence-electron chi connectivity index (χ1n) is 7.28. The molecule has 0 atom stereocenters. The average molecular weight is 260 g/mol. The Morgan fingerprint density at radius 1 is 1.11 bits per heavy atom. The van der Waals surface area contributed by atoms with E-state index in [-0.39, 0.29) is 5.79 Å². The highest BCUT2D eigenvalue weighted by Crippen LogP contribution is 2.39. The first kappa shape index (κ1) is 11.8. The standard InChI is InChI=1S/C15H20N2O2/c1-4-15(18-7-8-19-15)5-2-14(1)17-10-12-3-6-16-9-13(12)11-17/h3,6,9,14H,1-2,4-5,7-8,10-11H2. The van der Waals surface area contributed by atoms with Crippen molar-refractivity contribution in [1.82, 2.24) is 9.88 Å². The molecule has 3 aliphatic rings. The first-order chi connectivity index (χ1) is 9.35. The Hall–Kier alpha value is -0.970. The molecule has 1 saturated heterocycles. The Morgan fingerprint density at radius 2 is 1.84 bits per heavy atom. The Morgan fingerprint density at radius 3 is 2.58 bits per heavy atom. The highest BCUT2D eigenvalue weighted by molar-refractivity contribution is 5.27. The zero-order valence-corrected chi connectivity index (χ0v) is 11.2. The minimum atomic E-state index is -0.232. The van der Waals surface area contributed by atoms with E-state index >= 15 is 0 Å². The summed E-state index contributed by atoms with van der Waals surface area (Å²) in [6.07, 6.45) is 8.37. The van der Waals surface area contributed by atoms with Crippen LogP contribution in [0.1, 0.15) is 36.8 Å². The molecule has 19 heavy (non-hydrogen) atoms. The van der Waals surface area contributed by atoms with Crippen LogP contribution < -0.4 is 0 Å². The van der Waals surface area contributed by atoms with E-state index in [2.05, 4.69) is 16.0 Å². The first-order valence-corrected chi connectivity index (χ1v) is 7.28. The molecule has 0 unspecified atom stereocenters. The maximum absolute atomic E-state index is 5.80. The molecule has 102 valence electrons. The van der Waals surface area contributed by atoms with Crippen LogP contribution in [0.25, 0.3) is 0 Å². The summed E-state index contributed by atoms with van der Waals surface area (Å²) in [5.41, 5.74) is 2.85. The highest BCUT2D eigenvalue weighted by Gasteiger charge is 2.42. The normalized spacial score (nSPS) is 26.9. The maximum Gasteiger partial charge on any atom is 0.168 e. The summed E-state index contributed by atoms with van der Waals surface area (Å²) in [7, 11) is 0. The zero-order chi connectivity index (χ0) is 12.7. The molecule has 1 aromatic rings. The van der Waals surface area contributed by atoms with E-state index in [9.17, 15) is 0 Å². The molecule has 1 spiro atoms. The van der Waals surface area contributed by atoms with Gasteiger partial charge in [-0.05, 0) is 30.0 Å². The predicted octanol–water partition coefficient (Wildman–Crippen LogP) is 2.08. The summed E-state index contributed by atoms with van der Waals surface area (Å²) in [4.78, 5) is 6.82. The number of pyridine rings is 1. The molecule has 2 fully saturated rings. The number of ether oxygens (including phenoxy) is 2. The third-order valence-electron chi connectivity index (χ3n) is 4.80. The second-order valence-electron chi connectivity index (χ2n) is 5.89. The van der Waals surface area contributed by atoms with Gasteiger partial charge in [-0.1, -0.05) is 0 Å². The van der Waals surface area contributed by atoms with Crippen molar-refractivity contribution in [3.05, 3.63) is 29.6 Å². The van der Waals surface area contributed by atoms with Gasteiger partial charge in [-0.25, -0.2) is 0 Å². The highest BCUT2D eigenvalue weighted by atomic mass is 16.7. The van der Waals surface area contributed by atoms with Crippen molar-refractivity contribution in [3.63, 3.8) is 0 Å².